The van der Waals surface area contributed by atoms with Gasteiger partial charge in [-0.05, 0) is 50.2 Å². The minimum Gasteiger partial charge on any atom is -0.350 e. The number of amides is 1. The Balaban J connectivity index is 1.81. The largest absolute Gasteiger partial charge is 0.350 e. The Labute approximate surface area is 149 Å². The van der Waals surface area contributed by atoms with Gasteiger partial charge in [-0.15, -0.1) is 11.3 Å². The Morgan fingerprint density at radius 3 is 2.84 bits per heavy atom. The fourth-order valence-corrected chi connectivity index (χ4v) is 3.83. The Morgan fingerprint density at radius 2 is 2.16 bits per heavy atom. The molecule has 3 aromatic heterocycles. The molecule has 6 nitrogen and oxygen atoms in total. The van der Waals surface area contributed by atoms with E-state index in [2.05, 4.69) is 28.2 Å². The van der Waals surface area contributed by atoms with Crippen molar-refractivity contribution in [1.82, 2.24) is 19.6 Å². The second-order valence-electron chi connectivity index (χ2n) is 6.06. The number of aromatic nitrogens is 2. The molecule has 0 aliphatic carbocycles. The van der Waals surface area contributed by atoms with Gasteiger partial charge in [0.05, 0.1) is 6.04 Å². The fourth-order valence-electron chi connectivity index (χ4n) is 2.70. The minimum absolute atomic E-state index is 0.0455. The molecule has 1 N–H and O–H groups in total. The highest BCUT2D eigenvalue weighted by Gasteiger charge is 2.20. The summed E-state index contributed by atoms with van der Waals surface area (Å²) in [4.78, 5) is 32.4. The molecular weight excluding hydrogens is 336 g/mol. The summed E-state index contributed by atoms with van der Waals surface area (Å²) < 4.78 is 1.38. The van der Waals surface area contributed by atoms with Gasteiger partial charge in [0.15, 0.2) is 0 Å². The van der Waals surface area contributed by atoms with Crippen LogP contribution >= 0.6 is 11.3 Å². The van der Waals surface area contributed by atoms with Gasteiger partial charge < -0.3 is 10.2 Å². The van der Waals surface area contributed by atoms with Crippen molar-refractivity contribution in [2.45, 2.75) is 13.0 Å². The van der Waals surface area contributed by atoms with Crippen molar-refractivity contribution in [2.75, 3.05) is 20.6 Å². The standard InChI is InChI=1S/C18H20N4O2S/c1-12-7-9-25-16(12)14(21(2)3)11-20-17(23)13-10-19-15-6-4-5-8-22(15)18(13)24/h4-10,14H,11H2,1-3H3,(H,20,23)/t14-/m1/s1. The molecule has 0 fully saturated rings. The Bertz CT molecular complexity index is 961. The van der Waals surface area contributed by atoms with Crippen molar-refractivity contribution < 1.29 is 4.79 Å². The van der Waals surface area contributed by atoms with Gasteiger partial charge in [-0.3, -0.25) is 14.0 Å². The van der Waals surface area contributed by atoms with Gasteiger partial charge >= 0.3 is 0 Å². The second-order valence-corrected chi connectivity index (χ2v) is 7.01. The van der Waals surface area contributed by atoms with E-state index < -0.39 is 5.91 Å². The second kappa shape index (κ2) is 7.16. The molecule has 0 saturated heterocycles. The number of rotatable bonds is 5. The van der Waals surface area contributed by atoms with Crippen molar-refractivity contribution in [3.63, 3.8) is 0 Å². The van der Waals surface area contributed by atoms with Crippen LogP contribution in [0.1, 0.15) is 26.8 Å². The lowest BCUT2D eigenvalue weighted by atomic mass is 10.1. The predicted octanol–water partition coefficient (Wildman–Crippen LogP) is 2.10. The highest BCUT2D eigenvalue weighted by Crippen LogP contribution is 2.26. The van der Waals surface area contributed by atoms with Gasteiger partial charge in [-0.2, -0.15) is 0 Å². The molecular formula is C18H20N4O2S. The number of nitrogens with one attached hydrogen (secondary N) is 1. The van der Waals surface area contributed by atoms with Crippen molar-refractivity contribution in [3.8, 4) is 0 Å². The lowest BCUT2D eigenvalue weighted by Gasteiger charge is -2.24. The quantitative estimate of drug-likeness (QED) is 0.760. The Kier molecular flexibility index (Phi) is 4.96. The summed E-state index contributed by atoms with van der Waals surface area (Å²) in [5, 5.41) is 4.92. The summed E-state index contributed by atoms with van der Waals surface area (Å²) in [5.74, 6) is -0.406. The van der Waals surface area contributed by atoms with E-state index in [9.17, 15) is 9.59 Å². The highest BCUT2D eigenvalue weighted by molar-refractivity contribution is 7.10. The van der Waals surface area contributed by atoms with E-state index in [1.54, 1.807) is 35.7 Å². The minimum atomic E-state index is -0.406. The van der Waals surface area contributed by atoms with Crippen LogP contribution in [0.25, 0.3) is 5.65 Å². The number of hydrogen-bond donors (Lipinski definition) is 1. The van der Waals surface area contributed by atoms with Crippen LogP contribution in [0, 0.1) is 6.92 Å². The van der Waals surface area contributed by atoms with Crippen molar-refractivity contribution in [1.29, 1.82) is 0 Å². The molecule has 3 rings (SSSR count). The van der Waals surface area contributed by atoms with E-state index in [1.807, 2.05) is 19.5 Å². The Hall–Kier alpha value is -2.51. The summed E-state index contributed by atoms with van der Waals surface area (Å²) >= 11 is 1.67. The number of fused-ring (bicyclic) bond motifs is 1. The zero-order chi connectivity index (χ0) is 18.0. The molecule has 1 atom stereocenters. The van der Waals surface area contributed by atoms with Gasteiger partial charge in [0.1, 0.15) is 11.2 Å². The van der Waals surface area contributed by atoms with Crippen molar-refractivity contribution in [3.05, 3.63) is 68.4 Å². The van der Waals surface area contributed by atoms with E-state index in [0.717, 1.165) is 0 Å². The maximum atomic E-state index is 12.5. The summed E-state index contributed by atoms with van der Waals surface area (Å²) in [7, 11) is 3.95. The number of aryl methyl sites for hydroxylation is 1. The van der Waals surface area contributed by atoms with Crippen LogP contribution in [-0.2, 0) is 0 Å². The molecule has 25 heavy (non-hydrogen) atoms. The highest BCUT2D eigenvalue weighted by atomic mass is 32.1. The summed E-state index contributed by atoms with van der Waals surface area (Å²) in [5.41, 5.74) is 1.40. The van der Waals surface area contributed by atoms with Gasteiger partial charge in [-0.1, -0.05) is 6.07 Å². The zero-order valence-corrected chi connectivity index (χ0v) is 15.2. The molecule has 0 saturated carbocycles. The topological polar surface area (TPSA) is 66.7 Å². The third kappa shape index (κ3) is 3.47. The molecule has 1 amide bonds. The molecule has 0 bridgehead atoms. The first-order valence-electron chi connectivity index (χ1n) is 7.94. The van der Waals surface area contributed by atoms with Crippen LogP contribution in [-0.4, -0.2) is 40.8 Å². The molecule has 0 spiro atoms. The third-order valence-electron chi connectivity index (χ3n) is 4.14. The molecule has 0 aliphatic heterocycles. The lowest BCUT2D eigenvalue weighted by Crippen LogP contribution is -2.37. The average molecular weight is 356 g/mol. The van der Waals surface area contributed by atoms with Gasteiger partial charge in [0.2, 0.25) is 0 Å². The van der Waals surface area contributed by atoms with Crippen LogP contribution in [0.15, 0.2) is 46.8 Å². The fraction of sp³-hybridized carbons (Fsp3) is 0.278. The maximum absolute atomic E-state index is 12.5. The van der Waals surface area contributed by atoms with Crippen molar-refractivity contribution in [2.24, 2.45) is 0 Å². The van der Waals surface area contributed by atoms with Crippen molar-refractivity contribution >= 4 is 22.9 Å². The van der Waals surface area contributed by atoms with E-state index in [4.69, 9.17) is 0 Å². The number of likely N-dealkylation sites (N-methyl/N-ethyl adjacent to an activating group) is 1. The lowest BCUT2D eigenvalue weighted by molar-refractivity contribution is 0.0940. The number of hydrogen-bond acceptors (Lipinski definition) is 5. The molecule has 3 aromatic rings. The van der Waals surface area contributed by atoms with E-state index in [1.165, 1.54) is 21.0 Å². The van der Waals surface area contributed by atoms with Crippen LogP contribution in [0.4, 0.5) is 0 Å². The smallest absolute Gasteiger partial charge is 0.270 e. The van der Waals surface area contributed by atoms with Crippen LogP contribution in [0.2, 0.25) is 0 Å². The van der Waals surface area contributed by atoms with E-state index in [0.29, 0.717) is 12.2 Å². The van der Waals surface area contributed by atoms with Gasteiger partial charge in [-0.25, -0.2) is 4.98 Å². The molecule has 0 aliphatic rings. The number of nitrogens with zero attached hydrogens (tertiary/aromatic N) is 3. The summed E-state index contributed by atoms with van der Waals surface area (Å²) in [6.07, 6.45) is 2.95. The number of carbonyl (C=O) groups excluding carboxylic acids is 1. The first-order valence-corrected chi connectivity index (χ1v) is 8.82. The molecule has 0 unspecified atom stereocenters. The number of pyridine rings is 1. The SMILES string of the molecule is Cc1ccsc1[C@@H](CNC(=O)c1cnc2ccccn2c1=O)N(C)C. The van der Waals surface area contributed by atoms with Gasteiger partial charge in [0.25, 0.3) is 11.5 Å². The van der Waals surface area contributed by atoms with Gasteiger partial charge in [0, 0.05) is 23.8 Å². The monoisotopic (exact) mass is 356 g/mol. The van der Waals surface area contributed by atoms with Crippen LogP contribution in [0.5, 0.6) is 0 Å². The molecule has 0 radical (unpaired) electrons. The normalized spacial score (nSPS) is 12.5. The summed E-state index contributed by atoms with van der Waals surface area (Å²) in [6.45, 7) is 2.48. The summed E-state index contributed by atoms with van der Waals surface area (Å²) in [6, 6.07) is 7.38. The molecule has 0 aromatic carbocycles. The van der Waals surface area contributed by atoms with E-state index in [-0.39, 0.29) is 17.2 Å². The third-order valence-corrected chi connectivity index (χ3v) is 5.26. The molecule has 7 heteroatoms. The first kappa shape index (κ1) is 17.3. The maximum Gasteiger partial charge on any atom is 0.270 e. The Morgan fingerprint density at radius 1 is 1.36 bits per heavy atom. The molecule has 3 heterocycles. The molecule has 130 valence electrons. The predicted molar refractivity (Wildman–Crippen MR) is 99.3 cm³/mol. The number of carbonyl (C=O) groups is 1. The average Bonchev–Trinajstić information content (AvgIpc) is 3.01. The zero-order valence-electron chi connectivity index (χ0n) is 14.4. The van der Waals surface area contributed by atoms with Crippen LogP contribution in [0.3, 0.4) is 0 Å². The number of thiophene rings is 1. The van der Waals surface area contributed by atoms with Crippen LogP contribution < -0.4 is 10.9 Å². The van der Waals surface area contributed by atoms with E-state index >= 15 is 0 Å². The first-order chi connectivity index (χ1) is 12.0.